The standard InChI is InChI=1S/C42H33N5/c1-28-25-29(2)40(30(3)26-28)42-41(44-36-13-7-8-14-37(36)45-42)32-18-22-35(23-19-32)47(33-11-5-4-6-12-33)34-20-16-31(17-21-34)38-27-46-24-10-9-15-39(46)43-38/h4-27H,1-3H3. The summed E-state index contributed by atoms with van der Waals surface area (Å²) in [6.45, 7) is 6.47. The highest BCUT2D eigenvalue weighted by Gasteiger charge is 2.19. The minimum atomic E-state index is 0.883. The second kappa shape index (κ2) is 11.7. The lowest BCUT2D eigenvalue weighted by molar-refractivity contribution is 1.19. The predicted molar refractivity (Wildman–Crippen MR) is 193 cm³/mol. The zero-order valence-corrected chi connectivity index (χ0v) is 26.6. The number of rotatable bonds is 6. The zero-order chi connectivity index (χ0) is 31.9. The van der Waals surface area contributed by atoms with Crippen LogP contribution in [0.2, 0.25) is 0 Å². The van der Waals surface area contributed by atoms with E-state index in [0.717, 1.165) is 67.5 Å². The Balaban J connectivity index is 1.21. The quantitative estimate of drug-likeness (QED) is 0.189. The van der Waals surface area contributed by atoms with Crippen LogP contribution in [0.4, 0.5) is 17.1 Å². The van der Waals surface area contributed by atoms with Crippen molar-refractivity contribution in [2.75, 3.05) is 4.90 Å². The summed E-state index contributed by atoms with van der Waals surface area (Å²) < 4.78 is 2.05. The molecule has 0 saturated heterocycles. The predicted octanol–water partition coefficient (Wildman–Crippen LogP) is 10.7. The third-order valence-electron chi connectivity index (χ3n) is 8.68. The van der Waals surface area contributed by atoms with Crippen LogP contribution in [-0.2, 0) is 0 Å². The van der Waals surface area contributed by atoms with Crippen molar-refractivity contribution in [1.82, 2.24) is 19.4 Å². The maximum atomic E-state index is 5.19. The molecule has 0 spiro atoms. The van der Waals surface area contributed by atoms with Gasteiger partial charge in [-0.2, -0.15) is 0 Å². The highest BCUT2D eigenvalue weighted by atomic mass is 15.1. The molecular weight excluding hydrogens is 574 g/mol. The van der Waals surface area contributed by atoms with Gasteiger partial charge in [-0.15, -0.1) is 0 Å². The molecule has 0 bridgehead atoms. The van der Waals surface area contributed by atoms with Gasteiger partial charge in [0.1, 0.15) is 5.65 Å². The first-order valence-electron chi connectivity index (χ1n) is 15.9. The number of aromatic nitrogens is 4. The van der Waals surface area contributed by atoms with Gasteiger partial charge in [0.05, 0.1) is 28.1 Å². The SMILES string of the molecule is Cc1cc(C)c(-c2nc3ccccc3nc2-c2ccc(N(c3ccccc3)c3ccc(-c4cn5ccccc5n4)cc3)cc2)c(C)c1. The summed E-state index contributed by atoms with van der Waals surface area (Å²) in [7, 11) is 0. The summed E-state index contributed by atoms with van der Waals surface area (Å²) in [6, 6.07) is 46.4. The second-order valence-electron chi connectivity index (χ2n) is 12.0. The van der Waals surface area contributed by atoms with Crippen LogP contribution < -0.4 is 4.90 Å². The van der Waals surface area contributed by atoms with Gasteiger partial charge in [0.2, 0.25) is 0 Å². The Bertz CT molecular complexity index is 2320. The van der Waals surface area contributed by atoms with E-state index in [1.165, 1.54) is 16.7 Å². The van der Waals surface area contributed by atoms with Crippen molar-refractivity contribution in [1.29, 1.82) is 0 Å². The van der Waals surface area contributed by atoms with Crippen molar-refractivity contribution in [3.8, 4) is 33.8 Å². The van der Waals surface area contributed by atoms with E-state index in [-0.39, 0.29) is 0 Å². The molecule has 0 aliphatic heterocycles. The van der Waals surface area contributed by atoms with Crippen LogP contribution in [0.15, 0.2) is 146 Å². The molecule has 5 aromatic carbocycles. The van der Waals surface area contributed by atoms with E-state index in [0.29, 0.717) is 0 Å². The van der Waals surface area contributed by atoms with E-state index in [1.807, 2.05) is 59.1 Å². The number of fused-ring (bicyclic) bond motifs is 2. The van der Waals surface area contributed by atoms with Gasteiger partial charge in [-0.25, -0.2) is 15.0 Å². The molecule has 0 atom stereocenters. The summed E-state index contributed by atoms with van der Waals surface area (Å²) >= 11 is 0. The smallest absolute Gasteiger partial charge is 0.137 e. The molecule has 0 fully saturated rings. The van der Waals surface area contributed by atoms with Crippen molar-refractivity contribution >= 4 is 33.7 Å². The summed E-state index contributed by atoms with van der Waals surface area (Å²) in [5, 5.41) is 0. The molecule has 0 aliphatic rings. The number of anilines is 3. The van der Waals surface area contributed by atoms with Crippen molar-refractivity contribution in [2.45, 2.75) is 20.8 Å². The zero-order valence-electron chi connectivity index (χ0n) is 26.6. The third kappa shape index (κ3) is 5.32. The van der Waals surface area contributed by atoms with Crippen molar-refractivity contribution in [2.24, 2.45) is 0 Å². The lowest BCUT2D eigenvalue weighted by Gasteiger charge is -2.26. The number of para-hydroxylation sites is 3. The van der Waals surface area contributed by atoms with Crippen molar-refractivity contribution in [3.05, 3.63) is 163 Å². The molecule has 8 aromatic rings. The van der Waals surface area contributed by atoms with Crippen LogP contribution in [0.3, 0.4) is 0 Å². The highest BCUT2D eigenvalue weighted by molar-refractivity contribution is 5.89. The van der Waals surface area contributed by atoms with Crippen LogP contribution in [0, 0.1) is 20.8 Å². The summed E-state index contributed by atoms with van der Waals surface area (Å²) in [4.78, 5) is 17.5. The average molecular weight is 608 g/mol. The van der Waals surface area contributed by atoms with Crippen LogP contribution in [0.25, 0.3) is 50.5 Å². The fraction of sp³-hybridized carbons (Fsp3) is 0.0714. The monoisotopic (exact) mass is 607 g/mol. The van der Waals surface area contributed by atoms with Gasteiger partial charge >= 0.3 is 0 Å². The topological polar surface area (TPSA) is 46.3 Å². The molecule has 8 rings (SSSR count). The minimum Gasteiger partial charge on any atom is -0.311 e. The van der Waals surface area contributed by atoms with Gasteiger partial charge in [0.25, 0.3) is 0 Å². The normalized spacial score (nSPS) is 11.3. The number of pyridine rings is 1. The lowest BCUT2D eigenvalue weighted by Crippen LogP contribution is -2.09. The van der Waals surface area contributed by atoms with E-state index >= 15 is 0 Å². The molecule has 0 aliphatic carbocycles. The van der Waals surface area contributed by atoms with Crippen molar-refractivity contribution < 1.29 is 0 Å². The fourth-order valence-corrected chi connectivity index (χ4v) is 6.58. The van der Waals surface area contributed by atoms with E-state index in [4.69, 9.17) is 15.0 Å². The number of imidazole rings is 1. The third-order valence-corrected chi connectivity index (χ3v) is 8.68. The average Bonchev–Trinajstić information content (AvgIpc) is 3.53. The molecule has 47 heavy (non-hydrogen) atoms. The Kier molecular flexibility index (Phi) is 7.07. The molecule has 3 aromatic heterocycles. The largest absolute Gasteiger partial charge is 0.311 e. The van der Waals surface area contributed by atoms with E-state index in [1.54, 1.807) is 0 Å². The van der Waals surface area contributed by atoms with Crippen LogP contribution in [0.1, 0.15) is 16.7 Å². The summed E-state index contributed by atoms with van der Waals surface area (Å²) in [5.74, 6) is 0. The molecule has 0 amide bonds. The maximum absolute atomic E-state index is 5.19. The summed E-state index contributed by atoms with van der Waals surface area (Å²) in [5.41, 5.74) is 15.5. The molecule has 226 valence electrons. The number of hydrogen-bond acceptors (Lipinski definition) is 4. The van der Waals surface area contributed by atoms with Gasteiger partial charge in [-0.1, -0.05) is 78.4 Å². The molecule has 5 nitrogen and oxygen atoms in total. The first-order valence-corrected chi connectivity index (χ1v) is 15.9. The number of nitrogens with zero attached hydrogens (tertiary/aromatic N) is 5. The number of hydrogen-bond donors (Lipinski definition) is 0. The molecule has 5 heteroatoms. The van der Waals surface area contributed by atoms with Crippen LogP contribution in [-0.4, -0.2) is 19.4 Å². The van der Waals surface area contributed by atoms with Gasteiger partial charge in [-0.3, -0.25) is 0 Å². The Labute approximate surface area is 274 Å². The number of benzene rings is 5. The van der Waals surface area contributed by atoms with Gasteiger partial charge in [0.15, 0.2) is 0 Å². The molecule has 0 N–H and O–H groups in total. The highest BCUT2D eigenvalue weighted by Crippen LogP contribution is 2.39. The summed E-state index contributed by atoms with van der Waals surface area (Å²) in [6.07, 6.45) is 4.10. The molecule has 3 heterocycles. The lowest BCUT2D eigenvalue weighted by atomic mass is 9.94. The molecule has 0 saturated carbocycles. The first kappa shape index (κ1) is 28.4. The van der Waals surface area contributed by atoms with Gasteiger partial charge < -0.3 is 9.30 Å². The Hall–Kier alpha value is -6.07. The van der Waals surface area contributed by atoms with Gasteiger partial charge in [0, 0.05) is 46.1 Å². The first-order chi connectivity index (χ1) is 23.0. The minimum absolute atomic E-state index is 0.883. The second-order valence-corrected chi connectivity index (χ2v) is 12.0. The van der Waals surface area contributed by atoms with E-state index in [2.05, 4.69) is 117 Å². The molecular formula is C42H33N5. The Morgan fingerprint density at radius 1 is 0.511 bits per heavy atom. The number of aryl methyl sites for hydroxylation is 3. The van der Waals surface area contributed by atoms with Gasteiger partial charge in [-0.05, 0) is 92.6 Å². The van der Waals surface area contributed by atoms with Crippen LogP contribution >= 0.6 is 0 Å². The Morgan fingerprint density at radius 3 is 1.70 bits per heavy atom. The van der Waals surface area contributed by atoms with E-state index in [9.17, 15) is 0 Å². The van der Waals surface area contributed by atoms with E-state index < -0.39 is 0 Å². The molecule has 0 unspecified atom stereocenters. The maximum Gasteiger partial charge on any atom is 0.137 e. The van der Waals surface area contributed by atoms with Crippen molar-refractivity contribution in [3.63, 3.8) is 0 Å². The van der Waals surface area contributed by atoms with Crippen LogP contribution in [0.5, 0.6) is 0 Å². The molecule has 0 radical (unpaired) electrons. The Morgan fingerprint density at radius 2 is 1.06 bits per heavy atom. The fourth-order valence-electron chi connectivity index (χ4n) is 6.58.